The Bertz CT molecular complexity index is 423. The van der Waals surface area contributed by atoms with Crippen molar-refractivity contribution < 1.29 is 8.42 Å². The van der Waals surface area contributed by atoms with Crippen LogP contribution in [0.2, 0.25) is 0 Å². The normalized spacial score (nSPS) is 13.7. The van der Waals surface area contributed by atoms with E-state index in [2.05, 4.69) is 6.92 Å². The molecule has 1 aromatic carbocycles. The van der Waals surface area contributed by atoms with Gasteiger partial charge in [0, 0.05) is 12.3 Å². The number of hydrogen-bond donors (Lipinski definition) is 1. The highest BCUT2D eigenvalue weighted by Gasteiger charge is 2.09. The minimum atomic E-state index is -3.10. The maximum absolute atomic E-state index is 11.3. The van der Waals surface area contributed by atoms with Gasteiger partial charge in [0.1, 0.15) is 0 Å². The van der Waals surface area contributed by atoms with E-state index in [0.29, 0.717) is 4.90 Å². The van der Waals surface area contributed by atoms with Crippen molar-refractivity contribution in [2.45, 2.75) is 37.1 Å². The SMILES string of the molecule is CCCC[C@@H](N)c1ccc(S(C)(=O)=O)cc1. The molecule has 0 fully saturated rings. The monoisotopic (exact) mass is 241 g/mol. The van der Waals surface area contributed by atoms with Gasteiger partial charge in [-0.05, 0) is 24.1 Å². The number of unbranched alkanes of at least 4 members (excludes halogenated alkanes) is 1. The van der Waals surface area contributed by atoms with Gasteiger partial charge < -0.3 is 5.73 Å². The molecule has 0 saturated carbocycles. The van der Waals surface area contributed by atoms with Gasteiger partial charge in [-0.15, -0.1) is 0 Å². The molecule has 0 aromatic heterocycles. The van der Waals surface area contributed by atoms with Crippen molar-refractivity contribution in [3.8, 4) is 0 Å². The molecule has 0 amide bonds. The van der Waals surface area contributed by atoms with Gasteiger partial charge in [0.15, 0.2) is 9.84 Å². The summed E-state index contributed by atoms with van der Waals surface area (Å²) in [5.41, 5.74) is 6.99. The summed E-state index contributed by atoms with van der Waals surface area (Å²) in [7, 11) is -3.10. The Morgan fingerprint density at radius 2 is 1.81 bits per heavy atom. The minimum absolute atomic E-state index is 0.00793. The van der Waals surface area contributed by atoms with E-state index >= 15 is 0 Å². The van der Waals surface area contributed by atoms with Crippen molar-refractivity contribution in [2.24, 2.45) is 5.73 Å². The van der Waals surface area contributed by atoms with E-state index in [1.807, 2.05) is 0 Å². The van der Waals surface area contributed by atoms with Gasteiger partial charge in [-0.1, -0.05) is 31.9 Å². The summed E-state index contributed by atoms with van der Waals surface area (Å²) in [4.78, 5) is 0.346. The molecule has 3 nitrogen and oxygen atoms in total. The summed E-state index contributed by atoms with van der Waals surface area (Å²) >= 11 is 0. The highest BCUT2D eigenvalue weighted by molar-refractivity contribution is 7.90. The van der Waals surface area contributed by atoms with E-state index in [1.165, 1.54) is 6.26 Å². The molecule has 0 aliphatic carbocycles. The van der Waals surface area contributed by atoms with E-state index in [4.69, 9.17) is 5.73 Å². The molecule has 0 saturated heterocycles. The fourth-order valence-corrected chi connectivity index (χ4v) is 2.18. The topological polar surface area (TPSA) is 60.2 Å². The molecule has 0 heterocycles. The average molecular weight is 241 g/mol. The van der Waals surface area contributed by atoms with Crippen molar-refractivity contribution in [1.29, 1.82) is 0 Å². The van der Waals surface area contributed by atoms with Crippen LogP contribution in [0.4, 0.5) is 0 Å². The summed E-state index contributed by atoms with van der Waals surface area (Å²) in [5, 5.41) is 0. The number of benzene rings is 1. The second-order valence-corrected chi connectivity index (χ2v) is 6.11. The third-order valence-electron chi connectivity index (χ3n) is 2.61. The van der Waals surface area contributed by atoms with Gasteiger partial charge >= 0.3 is 0 Å². The van der Waals surface area contributed by atoms with Crippen LogP contribution in [0.3, 0.4) is 0 Å². The van der Waals surface area contributed by atoms with Crippen LogP contribution in [0.15, 0.2) is 29.2 Å². The fourth-order valence-electron chi connectivity index (χ4n) is 1.55. The lowest BCUT2D eigenvalue weighted by Crippen LogP contribution is -2.10. The van der Waals surface area contributed by atoms with Crippen LogP contribution >= 0.6 is 0 Å². The molecular weight excluding hydrogens is 222 g/mol. The lowest BCUT2D eigenvalue weighted by Gasteiger charge is -2.11. The summed E-state index contributed by atoms with van der Waals surface area (Å²) in [6.07, 6.45) is 4.36. The molecule has 0 bridgehead atoms. The third-order valence-corrected chi connectivity index (χ3v) is 3.73. The highest BCUT2D eigenvalue weighted by Crippen LogP contribution is 2.18. The highest BCUT2D eigenvalue weighted by atomic mass is 32.2. The average Bonchev–Trinajstić information content (AvgIpc) is 2.25. The molecule has 0 aliphatic heterocycles. The van der Waals surface area contributed by atoms with Crippen LogP contribution in [0.5, 0.6) is 0 Å². The van der Waals surface area contributed by atoms with Crippen LogP contribution in [0.25, 0.3) is 0 Å². The predicted octanol–water partition coefficient (Wildman–Crippen LogP) is 2.28. The Morgan fingerprint density at radius 1 is 1.25 bits per heavy atom. The summed E-state index contributed by atoms with van der Waals surface area (Å²) in [6.45, 7) is 2.12. The van der Waals surface area contributed by atoms with E-state index < -0.39 is 9.84 Å². The molecule has 90 valence electrons. The van der Waals surface area contributed by atoms with E-state index in [-0.39, 0.29) is 6.04 Å². The summed E-state index contributed by atoms with van der Waals surface area (Å²) < 4.78 is 22.5. The van der Waals surface area contributed by atoms with Gasteiger partial charge in [0.25, 0.3) is 0 Å². The third kappa shape index (κ3) is 3.61. The second kappa shape index (κ2) is 5.46. The van der Waals surface area contributed by atoms with Crippen molar-refractivity contribution in [3.05, 3.63) is 29.8 Å². The molecule has 1 aromatic rings. The van der Waals surface area contributed by atoms with Gasteiger partial charge in [-0.2, -0.15) is 0 Å². The van der Waals surface area contributed by atoms with Crippen LogP contribution in [-0.4, -0.2) is 14.7 Å². The second-order valence-electron chi connectivity index (χ2n) is 4.09. The molecule has 0 spiro atoms. The van der Waals surface area contributed by atoms with Crippen molar-refractivity contribution >= 4 is 9.84 Å². The quantitative estimate of drug-likeness (QED) is 0.860. The Labute approximate surface area is 97.6 Å². The fraction of sp³-hybridized carbons (Fsp3) is 0.500. The molecule has 16 heavy (non-hydrogen) atoms. The molecule has 1 rings (SSSR count). The largest absolute Gasteiger partial charge is 0.324 e. The lowest BCUT2D eigenvalue weighted by molar-refractivity contribution is 0.598. The number of hydrogen-bond acceptors (Lipinski definition) is 3. The number of nitrogens with two attached hydrogens (primary N) is 1. The number of rotatable bonds is 5. The van der Waals surface area contributed by atoms with Crippen LogP contribution < -0.4 is 5.73 Å². The van der Waals surface area contributed by atoms with Gasteiger partial charge in [-0.3, -0.25) is 0 Å². The zero-order chi connectivity index (χ0) is 12.2. The molecular formula is C12H19NO2S. The van der Waals surface area contributed by atoms with E-state index in [9.17, 15) is 8.42 Å². The zero-order valence-electron chi connectivity index (χ0n) is 9.81. The van der Waals surface area contributed by atoms with E-state index in [0.717, 1.165) is 24.8 Å². The van der Waals surface area contributed by atoms with Crippen LogP contribution in [-0.2, 0) is 9.84 Å². The Morgan fingerprint density at radius 3 is 2.25 bits per heavy atom. The van der Waals surface area contributed by atoms with Crippen LogP contribution in [0, 0.1) is 0 Å². The van der Waals surface area contributed by atoms with E-state index in [1.54, 1.807) is 24.3 Å². The van der Waals surface area contributed by atoms with Gasteiger partial charge in [-0.25, -0.2) is 8.42 Å². The van der Waals surface area contributed by atoms with Crippen molar-refractivity contribution in [2.75, 3.05) is 6.26 Å². The van der Waals surface area contributed by atoms with Crippen molar-refractivity contribution in [1.82, 2.24) is 0 Å². The summed E-state index contributed by atoms with van der Waals surface area (Å²) in [6, 6.07) is 6.86. The maximum atomic E-state index is 11.3. The maximum Gasteiger partial charge on any atom is 0.175 e. The predicted molar refractivity (Wildman–Crippen MR) is 66.0 cm³/mol. The van der Waals surface area contributed by atoms with Gasteiger partial charge in [0.05, 0.1) is 4.90 Å². The molecule has 0 radical (unpaired) electrons. The first kappa shape index (κ1) is 13.2. The number of sulfone groups is 1. The minimum Gasteiger partial charge on any atom is -0.324 e. The van der Waals surface area contributed by atoms with Crippen LogP contribution in [0.1, 0.15) is 37.8 Å². The first-order chi connectivity index (χ1) is 7.45. The first-order valence-electron chi connectivity index (χ1n) is 5.50. The summed E-state index contributed by atoms with van der Waals surface area (Å²) in [5.74, 6) is 0. The molecule has 2 N–H and O–H groups in total. The van der Waals surface area contributed by atoms with Gasteiger partial charge in [0.2, 0.25) is 0 Å². The molecule has 0 aliphatic rings. The Balaban J connectivity index is 2.79. The zero-order valence-corrected chi connectivity index (χ0v) is 10.6. The van der Waals surface area contributed by atoms with Crippen molar-refractivity contribution in [3.63, 3.8) is 0 Å². The smallest absolute Gasteiger partial charge is 0.175 e. The lowest BCUT2D eigenvalue weighted by atomic mass is 10.0. The standard InChI is InChI=1S/C12H19NO2S/c1-3-4-5-12(13)10-6-8-11(9-7-10)16(2,14)15/h6-9,12H,3-5,13H2,1-2H3/t12-/m1/s1. The Hall–Kier alpha value is -0.870. The molecule has 4 heteroatoms. The Kier molecular flexibility index (Phi) is 4.50. The molecule has 1 atom stereocenters. The first-order valence-corrected chi connectivity index (χ1v) is 7.40. The molecule has 0 unspecified atom stereocenters.